The third-order valence-electron chi connectivity index (χ3n) is 7.97. The fourth-order valence-electron chi connectivity index (χ4n) is 5.92. The first-order valence-corrected chi connectivity index (χ1v) is 13.9. The summed E-state index contributed by atoms with van der Waals surface area (Å²) in [6, 6.07) is 17.7. The van der Waals surface area contributed by atoms with E-state index in [0.29, 0.717) is 11.7 Å². The van der Waals surface area contributed by atoms with Gasteiger partial charge < -0.3 is 24.8 Å². The van der Waals surface area contributed by atoms with E-state index in [-0.39, 0.29) is 11.3 Å². The number of likely N-dealkylation sites (N-methyl/N-ethyl adjacent to an activating group) is 1. The molecule has 8 heteroatoms. The van der Waals surface area contributed by atoms with Crippen LogP contribution in [-0.4, -0.2) is 64.0 Å². The zero-order chi connectivity index (χ0) is 28.6. The van der Waals surface area contributed by atoms with Crippen molar-refractivity contribution in [1.29, 1.82) is 0 Å². The molecule has 1 aliphatic heterocycles. The van der Waals surface area contributed by atoms with Crippen molar-refractivity contribution in [2.45, 2.75) is 12.8 Å². The summed E-state index contributed by atoms with van der Waals surface area (Å²) in [5.74, 6) is 9.36. The average molecular weight is 547 g/mol. The number of carbonyl (C=O) groups is 1. The molecular formula is C33H34N6O2. The normalized spacial score (nSPS) is 16.0. The van der Waals surface area contributed by atoms with Gasteiger partial charge in [0.25, 0.3) is 0 Å². The van der Waals surface area contributed by atoms with Crippen LogP contribution in [0.4, 0.5) is 5.82 Å². The van der Waals surface area contributed by atoms with Crippen molar-refractivity contribution in [3.05, 3.63) is 78.8 Å². The maximum Gasteiger partial charge on any atom is 0.246 e. The van der Waals surface area contributed by atoms with E-state index in [2.05, 4.69) is 21.8 Å². The number of nitrogens with two attached hydrogens (primary N) is 1. The predicted molar refractivity (Wildman–Crippen MR) is 161 cm³/mol. The molecule has 2 fully saturated rings. The van der Waals surface area contributed by atoms with Crippen molar-refractivity contribution < 1.29 is 9.53 Å². The minimum atomic E-state index is 0.103. The molecule has 1 saturated heterocycles. The molecule has 0 radical (unpaired) electrons. The molecule has 2 aliphatic rings. The summed E-state index contributed by atoms with van der Waals surface area (Å²) >= 11 is 0. The summed E-state index contributed by atoms with van der Waals surface area (Å²) < 4.78 is 7.99. The molecule has 8 nitrogen and oxygen atoms in total. The van der Waals surface area contributed by atoms with Crippen molar-refractivity contribution >= 4 is 22.8 Å². The van der Waals surface area contributed by atoms with E-state index in [1.807, 2.05) is 96.2 Å². The summed E-state index contributed by atoms with van der Waals surface area (Å²) in [4.78, 5) is 25.2. The second-order valence-corrected chi connectivity index (χ2v) is 11.4. The molecule has 1 spiro atoms. The van der Waals surface area contributed by atoms with Gasteiger partial charge in [-0.1, -0.05) is 42.3 Å². The number of fused-ring (bicyclic) bond motifs is 1. The highest BCUT2D eigenvalue weighted by molar-refractivity contribution is 6.03. The van der Waals surface area contributed by atoms with Crippen LogP contribution in [0.1, 0.15) is 18.5 Å². The topological polar surface area (TPSA) is 89.5 Å². The van der Waals surface area contributed by atoms with Crippen LogP contribution < -0.4 is 10.5 Å². The van der Waals surface area contributed by atoms with E-state index in [1.54, 1.807) is 6.08 Å². The second kappa shape index (κ2) is 10.8. The van der Waals surface area contributed by atoms with Gasteiger partial charge in [-0.3, -0.25) is 4.79 Å². The first kappa shape index (κ1) is 26.6. The summed E-state index contributed by atoms with van der Waals surface area (Å²) in [6.45, 7) is 2.40. The predicted octanol–water partition coefficient (Wildman–Crippen LogP) is 4.72. The number of amides is 1. The number of anilines is 1. The number of hydrogen-bond donors (Lipinski definition) is 1. The monoisotopic (exact) mass is 546 g/mol. The van der Waals surface area contributed by atoms with E-state index in [4.69, 9.17) is 10.5 Å². The number of nitrogens with zero attached hydrogens (tertiary/aromatic N) is 5. The first-order chi connectivity index (χ1) is 19.8. The number of aromatic nitrogens is 3. The minimum absolute atomic E-state index is 0.103. The van der Waals surface area contributed by atoms with Crippen LogP contribution in [0.15, 0.2) is 73.1 Å². The number of carbonyl (C=O) groups excluding carboxylic acids is 1. The lowest BCUT2D eigenvalue weighted by atomic mass is 9.58. The smallest absolute Gasteiger partial charge is 0.246 e. The SMILES string of the molecule is CN(C)C/C=C/C(=O)N1CC2(CC(C#Cc3c(-c4ccc(Oc5ccccc5)cc4)c4c(N)ncnc4n3C)C2)C1. The fraction of sp³-hybridized carbons (Fsp3) is 0.303. The van der Waals surface area contributed by atoms with E-state index >= 15 is 0 Å². The maximum atomic E-state index is 12.4. The van der Waals surface area contributed by atoms with Crippen LogP contribution in [0.3, 0.4) is 0 Å². The number of benzene rings is 2. The molecule has 2 aromatic carbocycles. The molecular weight excluding hydrogens is 512 g/mol. The van der Waals surface area contributed by atoms with Gasteiger partial charge in [-0.2, -0.15) is 0 Å². The summed E-state index contributed by atoms with van der Waals surface area (Å²) in [6.07, 6.45) is 7.13. The summed E-state index contributed by atoms with van der Waals surface area (Å²) in [5, 5.41) is 0.802. The van der Waals surface area contributed by atoms with Crippen LogP contribution in [-0.2, 0) is 11.8 Å². The average Bonchev–Trinajstić information content (AvgIpc) is 3.20. The third kappa shape index (κ3) is 5.29. The first-order valence-electron chi connectivity index (χ1n) is 13.9. The molecule has 6 rings (SSSR count). The van der Waals surface area contributed by atoms with Crippen LogP contribution in [0.5, 0.6) is 11.5 Å². The zero-order valence-electron chi connectivity index (χ0n) is 23.7. The van der Waals surface area contributed by atoms with Crippen molar-refractivity contribution in [3.8, 4) is 34.5 Å². The Morgan fingerprint density at radius 3 is 2.51 bits per heavy atom. The van der Waals surface area contributed by atoms with E-state index in [0.717, 1.165) is 71.8 Å². The van der Waals surface area contributed by atoms with Crippen molar-refractivity contribution in [1.82, 2.24) is 24.3 Å². The molecule has 0 bridgehead atoms. The standard InChI is InChI=1S/C33H34N6O2/c1-37(2)17-7-10-28(40)39-20-33(21-39)18-23(19-33)11-16-27-29(30-31(34)35-22-36-32(30)38(27)3)24-12-14-26(15-13-24)41-25-8-5-4-6-9-25/h4-10,12-15,22-23H,17-21H2,1-3H3,(H2,34,35,36)/b10-7+. The molecule has 1 aliphatic carbocycles. The molecule has 41 heavy (non-hydrogen) atoms. The number of hydrogen-bond acceptors (Lipinski definition) is 6. The molecule has 0 unspecified atom stereocenters. The van der Waals surface area contributed by atoms with Gasteiger partial charge in [-0.15, -0.1) is 0 Å². The number of aryl methyl sites for hydroxylation is 1. The van der Waals surface area contributed by atoms with Crippen LogP contribution in [0.2, 0.25) is 0 Å². The Bertz CT molecular complexity index is 1660. The van der Waals surface area contributed by atoms with Gasteiger partial charge in [-0.25, -0.2) is 9.97 Å². The number of likely N-dealkylation sites (tertiary alicyclic amines) is 1. The van der Waals surface area contributed by atoms with Crippen molar-refractivity contribution in [2.75, 3.05) is 39.5 Å². The van der Waals surface area contributed by atoms with E-state index < -0.39 is 0 Å². The Morgan fingerprint density at radius 1 is 1.10 bits per heavy atom. The Morgan fingerprint density at radius 2 is 1.80 bits per heavy atom. The van der Waals surface area contributed by atoms with E-state index in [9.17, 15) is 4.79 Å². The van der Waals surface area contributed by atoms with Crippen LogP contribution >= 0.6 is 0 Å². The van der Waals surface area contributed by atoms with Gasteiger partial charge in [0, 0.05) is 49.7 Å². The Labute approximate surface area is 240 Å². The van der Waals surface area contributed by atoms with Gasteiger partial charge in [0.15, 0.2) is 0 Å². The van der Waals surface area contributed by atoms with E-state index in [1.165, 1.54) is 6.33 Å². The van der Waals surface area contributed by atoms with Crippen molar-refractivity contribution in [2.24, 2.45) is 18.4 Å². The molecule has 208 valence electrons. The highest BCUT2D eigenvalue weighted by atomic mass is 16.5. The number of rotatable bonds is 6. The largest absolute Gasteiger partial charge is 0.457 e. The molecule has 2 N–H and O–H groups in total. The maximum absolute atomic E-state index is 12.4. The summed E-state index contributed by atoms with van der Waals surface area (Å²) in [5.41, 5.74) is 10.1. The molecule has 2 aromatic heterocycles. The lowest BCUT2D eigenvalue weighted by molar-refractivity contribution is -0.147. The highest BCUT2D eigenvalue weighted by Gasteiger charge is 2.52. The third-order valence-corrected chi connectivity index (χ3v) is 7.97. The number of para-hydroxylation sites is 1. The van der Waals surface area contributed by atoms with Crippen LogP contribution in [0, 0.1) is 23.2 Å². The van der Waals surface area contributed by atoms with Gasteiger partial charge >= 0.3 is 0 Å². The van der Waals surface area contributed by atoms with Gasteiger partial charge in [0.2, 0.25) is 5.91 Å². The minimum Gasteiger partial charge on any atom is -0.457 e. The quantitative estimate of drug-likeness (QED) is 0.278. The zero-order valence-corrected chi connectivity index (χ0v) is 23.7. The number of ether oxygens (including phenoxy) is 1. The molecule has 0 atom stereocenters. The Kier molecular flexibility index (Phi) is 6.98. The fourth-order valence-corrected chi connectivity index (χ4v) is 5.92. The number of nitrogen functional groups attached to an aromatic ring is 1. The van der Waals surface area contributed by atoms with Crippen LogP contribution in [0.25, 0.3) is 22.2 Å². The van der Waals surface area contributed by atoms with Gasteiger partial charge in [0.05, 0.1) is 5.39 Å². The van der Waals surface area contributed by atoms with Crippen molar-refractivity contribution in [3.63, 3.8) is 0 Å². The Hall–Kier alpha value is -4.61. The highest BCUT2D eigenvalue weighted by Crippen LogP contribution is 2.51. The lowest BCUT2D eigenvalue weighted by Gasteiger charge is -2.57. The Balaban J connectivity index is 1.20. The lowest BCUT2D eigenvalue weighted by Crippen LogP contribution is -2.63. The second-order valence-electron chi connectivity index (χ2n) is 11.4. The molecule has 1 amide bonds. The van der Waals surface area contributed by atoms with Gasteiger partial charge in [0.1, 0.15) is 35.0 Å². The molecule has 4 aromatic rings. The molecule has 1 saturated carbocycles. The van der Waals surface area contributed by atoms with Gasteiger partial charge in [-0.05, 0) is 62.7 Å². The molecule has 3 heterocycles. The summed E-state index contributed by atoms with van der Waals surface area (Å²) in [7, 11) is 5.95.